The second kappa shape index (κ2) is 7.41. The molecule has 2 aliphatic rings. The van der Waals surface area contributed by atoms with Gasteiger partial charge in [-0.15, -0.1) is 0 Å². The van der Waals surface area contributed by atoms with Crippen molar-refractivity contribution in [2.75, 3.05) is 0 Å². The fraction of sp³-hybridized carbons (Fsp3) is 0.0909. The quantitative estimate of drug-likeness (QED) is 0.743. The Kier molecular flexibility index (Phi) is 5.26. The molecule has 0 N–H and O–H groups in total. The van der Waals surface area contributed by atoms with Gasteiger partial charge in [-0.25, -0.2) is 0 Å². The third kappa shape index (κ3) is 2.74. The Balaban J connectivity index is 0.00000113. The summed E-state index contributed by atoms with van der Waals surface area (Å²) in [5.74, 6) is 0. The Morgan fingerprint density at radius 1 is 0.625 bits per heavy atom. The first-order chi connectivity index (χ1) is 11.4. The van der Waals surface area contributed by atoms with E-state index in [4.69, 9.17) is 0 Å². The van der Waals surface area contributed by atoms with E-state index < -0.39 is 8.07 Å². The van der Waals surface area contributed by atoms with Crippen molar-refractivity contribution in [1.29, 1.82) is 0 Å². The molecule has 24 heavy (non-hydrogen) atoms. The summed E-state index contributed by atoms with van der Waals surface area (Å²) < 4.78 is 0. The molecule has 2 aromatic carbocycles. The van der Waals surface area contributed by atoms with Crippen molar-refractivity contribution in [3.8, 4) is 0 Å². The van der Waals surface area contributed by atoms with Crippen LogP contribution in [-0.2, 0) is 0 Å². The molecule has 0 spiro atoms. The van der Waals surface area contributed by atoms with Gasteiger partial charge in [0.05, 0.1) is 0 Å². The van der Waals surface area contributed by atoms with E-state index >= 15 is 0 Å². The van der Waals surface area contributed by atoms with Gasteiger partial charge in [-0.1, -0.05) is 108 Å². The molecule has 0 nitrogen and oxygen atoms in total. The molecule has 114 valence electrons. The molecule has 0 aromatic heterocycles. The summed E-state index contributed by atoms with van der Waals surface area (Å²) in [6.07, 6.45) is 15.9. The molecule has 0 unspecified atom stereocenters. The topological polar surface area (TPSA) is 0 Å². The summed E-state index contributed by atoms with van der Waals surface area (Å²) in [5.41, 5.74) is 0. The van der Waals surface area contributed by atoms with Crippen LogP contribution in [0.15, 0.2) is 108 Å². The molecule has 2 aromatic rings. The molecular weight excluding hydrogens is 299 g/mol. The van der Waals surface area contributed by atoms with E-state index in [0.29, 0.717) is 0 Å². The normalized spacial score (nSPS) is 15.8. The van der Waals surface area contributed by atoms with Gasteiger partial charge in [0.1, 0.15) is 0 Å². The molecule has 0 atom stereocenters. The monoisotopic (exact) mass is 320 g/mol. The second-order valence-corrected chi connectivity index (χ2v) is 10.1. The number of hydrogen-bond acceptors (Lipinski definition) is 0. The maximum absolute atomic E-state index is 2.37. The first-order valence-corrected chi connectivity index (χ1v) is 10.3. The Labute approximate surface area is 159 Å². The van der Waals surface area contributed by atoms with Crippen molar-refractivity contribution < 1.29 is 20.3 Å². The van der Waals surface area contributed by atoms with E-state index in [1.165, 1.54) is 10.4 Å². The van der Waals surface area contributed by atoms with Crippen LogP contribution in [0.1, 0.15) is 14.3 Å². The van der Waals surface area contributed by atoms with Crippen molar-refractivity contribution in [3.63, 3.8) is 0 Å². The maximum Gasteiger partial charge on any atom is 1.00 e. The third-order valence-electron chi connectivity index (χ3n) is 4.92. The molecule has 4 rings (SSSR count). The van der Waals surface area contributed by atoms with Gasteiger partial charge in [0, 0.05) is 0 Å². The number of rotatable bonds is 4. The Morgan fingerprint density at radius 3 is 1.38 bits per heavy atom. The van der Waals surface area contributed by atoms with E-state index in [-0.39, 0.29) is 20.3 Å². The van der Waals surface area contributed by atoms with E-state index in [1.54, 1.807) is 10.4 Å². The molecule has 0 saturated heterocycles. The van der Waals surface area contributed by atoms with Gasteiger partial charge in [0.2, 0.25) is 0 Å². The van der Waals surface area contributed by atoms with Crippen LogP contribution in [0.5, 0.6) is 0 Å². The molecular formula is C22H21LiSi. The molecule has 0 aliphatic heterocycles. The average molecular weight is 320 g/mol. The second-order valence-electron chi connectivity index (χ2n) is 6.13. The van der Waals surface area contributed by atoms with Gasteiger partial charge in [-0.05, 0) is 23.2 Å². The van der Waals surface area contributed by atoms with Crippen molar-refractivity contribution in [2.45, 2.75) is 12.8 Å². The number of allylic oxidation sites excluding steroid dienone is 8. The molecule has 0 heterocycles. The maximum atomic E-state index is 2.37. The van der Waals surface area contributed by atoms with Crippen molar-refractivity contribution in [1.82, 2.24) is 0 Å². The van der Waals surface area contributed by atoms with Crippen LogP contribution >= 0.6 is 0 Å². The smallest absolute Gasteiger partial charge is 1.00 e. The molecule has 0 amide bonds. The minimum atomic E-state index is -2.08. The first kappa shape index (κ1) is 17.1. The summed E-state index contributed by atoms with van der Waals surface area (Å²) in [6.45, 7) is 0. The first-order valence-electron chi connectivity index (χ1n) is 8.26. The largest absolute Gasteiger partial charge is 1.00 e. The molecule has 2 heteroatoms. The predicted molar refractivity (Wildman–Crippen MR) is 103 cm³/mol. The van der Waals surface area contributed by atoms with Gasteiger partial charge < -0.3 is 1.43 Å². The van der Waals surface area contributed by atoms with Crippen LogP contribution in [0.4, 0.5) is 0 Å². The van der Waals surface area contributed by atoms with E-state index in [0.717, 1.165) is 12.8 Å². The summed E-state index contributed by atoms with van der Waals surface area (Å²) in [6, 6.07) is 22.3. The standard InChI is InChI=1S/C22H20Si.Li.H/c1-3-11-19(12-4-1)23(21-15-7-8-16-21,22-17-9-10-18-22)20-13-5-2-6-14-20;;/h1-15,17H,16,18H2;;/q;+1;-1. The third-order valence-corrected chi connectivity index (χ3v) is 9.99. The van der Waals surface area contributed by atoms with Crippen LogP contribution in [0.25, 0.3) is 0 Å². The zero-order valence-electron chi connectivity index (χ0n) is 15.2. The minimum Gasteiger partial charge on any atom is -1.00 e. The molecule has 0 radical (unpaired) electrons. The van der Waals surface area contributed by atoms with Crippen LogP contribution < -0.4 is 29.2 Å². The summed E-state index contributed by atoms with van der Waals surface area (Å²) >= 11 is 0. The van der Waals surface area contributed by atoms with E-state index in [9.17, 15) is 0 Å². The average Bonchev–Trinajstić information content (AvgIpc) is 3.32. The fourth-order valence-corrected chi connectivity index (χ4v) is 9.10. The van der Waals surface area contributed by atoms with Gasteiger partial charge in [0.25, 0.3) is 0 Å². The Hall–Kier alpha value is -1.79. The van der Waals surface area contributed by atoms with Crippen molar-refractivity contribution in [3.05, 3.63) is 108 Å². The molecule has 0 bridgehead atoms. The summed E-state index contributed by atoms with van der Waals surface area (Å²) in [4.78, 5) is 0. The van der Waals surface area contributed by atoms with Gasteiger partial charge >= 0.3 is 18.9 Å². The van der Waals surface area contributed by atoms with Gasteiger partial charge in [-0.2, -0.15) is 0 Å². The predicted octanol–water partition coefficient (Wildman–Crippen LogP) is 1.22. The molecule has 0 fully saturated rings. The fourth-order valence-electron chi connectivity index (χ4n) is 3.94. The van der Waals surface area contributed by atoms with Crippen LogP contribution in [-0.4, -0.2) is 8.07 Å². The SMILES string of the molecule is C1=CCC([Si](C2=CC=CC2)(c2ccccc2)c2ccccc2)=C1.[H-].[Li+]. The number of hydrogen-bond donors (Lipinski definition) is 0. The van der Waals surface area contributed by atoms with Crippen LogP contribution in [0, 0.1) is 0 Å². The summed E-state index contributed by atoms with van der Waals surface area (Å²) in [7, 11) is -2.08. The molecule has 2 aliphatic carbocycles. The van der Waals surface area contributed by atoms with Crippen molar-refractivity contribution >= 4 is 18.4 Å². The van der Waals surface area contributed by atoms with Crippen LogP contribution in [0.3, 0.4) is 0 Å². The minimum absolute atomic E-state index is 0. The van der Waals surface area contributed by atoms with E-state index in [1.807, 2.05) is 0 Å². The summed E-state index contributed by atoms with van der Waals surface area (Å²) in [5, 5.41) is 6.20. The zero-order valence-corrected chi connectivity index (χ0v) is 15.2. The Morgan fingerprint density at radius 2 is 1.04 bits per heavy atom. The molecule has 0 saturated carbocycles. The van der Waals surface area contributed by atoms with Gasteiger partial charge in [0.15, 0.2) is 8.07 Å². The van der Waals surface area contributed by atoms with Crippen LogP contribution in [0.2, 0.25) is 0 Å². The zero-order chi connectivity index (χ0) is 15.5. The van der Waals surface area contributed by atoms with Crippen molar-refractivity contribution in [2.24, 2.45) is 0 Å². The Bertz CT molecular complexity index is 748. The van der Waals surface area contributed by atoms with Gasteiger partial charge in [-0.3, -0.25) is 0 Å². The van der Waals surface area contributed by atoms with E-state index in [2.05, 4.69) is 97.1 Å². The number of benzene rings is 2.